The van der Waals surface area contributed by atoms with Gasteiger partial charge in [-0.05, 0) is 31.7 Å². The summed E-state index contributed by atoms with van der Waals surface area (Å²) in [6.07, 6.45) is 2.20. The van der Waals surface area contributed by atoms with Gasteiger partial charge in [-0.1, -0.05) is 0 Å². The van der Waals surface area contributed by atoms with Crippen LogP contribution in [0.15, 0.2) is 10.5 Å². The maximum atomic E-state index is 5.68. The molecule has 0 atom stereocenters. The number of aryl methyl sites for hydroxylation is 1. The molecule has 1 aromatic rings. The molecule has 0 unspecified atom stereocenters. The number of ether oxygens (including phenoxy) is 2. The third-order valence-electron chi connectivity index (χ3n) is 3.23. The third kappa shape index (κ3) is 3.56. The van der Waals surface area contributed by atoms with E-state index in [1.807, 2.05) is 13.0 Å². The van der Waals surface area contributed by atoms with Crippen LogP contribution >= 0.6 is 0 Å². The molecule has 4 heteroatoms. The van der Waals surface area contributed by atoms with Gasteiger partial charge in [0.2, 0.25) is 0 Å². The average Bonchev–Trinajstić information content (AvgIpc) is 2.71. The largest absolute Gasteiger partial charge is 0.464 e. The Kier molecular flexibility index (Phi) is 4.59. The number of nitrogens with two attached hydrogens (primary N) is 1. The van der Waals surface area contributed by atoms with E-state index < -0.39 is 0 Å². The fourth-order valence-electron chi connectivity index (χ4n) is 2.10. The van der Waals surface area contributed by atoms with Gasteiger partial charge in [-0.3, -0.25) is 0 Å². The fraction of sp³-hybridized carbons (Fsp3) is 0.692. The Balaban J connectivity index is 1.73. The molecular weight excluding hydrogens is 218 g/mol. The second kappa shape index (κ2) is 6.19. The first-order valence-electron chi connectivity index (χ1n) is 6.23. The summed E-state index contributed by atoms with van der Waals surface area (Å²) >= 11 is 0. The summed E-state index contributed by atoms with van der Waals surface area (Å²) in [5.74, 6) is 2.40. The van der Waals surface area contributed by atoms with E-state index in [2.05, 4.69) is 0 Å². The summed E-state index contributed by atoms with van der Waals surface area (Å²) in [6, 6.07) is 1.99. The fourth-order valence-corrected chi connectivity index (χ4v) is 2.10. The summed E-state index contributed by atoms with van der Waals surface area (Å²) < 4.78 is 16.6. The van der Waals surface area contributed by atoms with Crippen molar-refractivity contribution in [2.45, 2.75) is 32.9 Å². The Hall–Kier alpha value is -0.840. The van der Waals surface area contributed by atoms with Crippen LogP contribution in [0.25, 0.3) is 0 Å². The van der Waals surface area contributed by atoms with E-state index in [1.165, 1.54) is 0 Å². The lowest BCUT2D eigenvalue weighted by Gasteiger charge is -2.21. The quantitative estimate of drug-likeness (QED) is 0.853. The Labute approximate surface area is 102 Å². The van der Waals surface area contributed by atoms with Crippen molar-refractivity contribution < 1.29 is 13.9 Å². The van der Waals surface area contributed by atoms with Crippen molar-refractivity contribution >= 4 is 0 Å². The molecule has 4 nitrogen and oxygen atoms in total. The lowest BCUT2D eigenvalue weighted by atomic mass is 10.0. The highest BCUT2D eigenvalue weighted by Gasteiger charge is 2.14. The smallest absolute Gasteiger partial charge is 0.130 e. The van der Waals surface area contributed by atoms with Crippen LogP contribution < -0.4 is 5.73 Å². The number of hydrogen-bond donors (Lipinski definition) is 1. The molecule has 1 saturated heterocycles. The van der Waals surface area contributed by atoms with Crippen LogP contribution in [0.3, 0.4) is 0 Å². The molecule has 0 aliphatic carbocycles. The van der Waals surface area contributed by atoms with E-state index in [9.17, 15) is 0 Å². The van der Waals surface area contributed by atoms with E-state index >= 15 is 0 Å². The van der Waals surface area contributed by atoms with Crippen LogP contribution in [0.2, 0.25) is 0 Å². The van der Waals surface area contributed by atoms with Crippen molar-refractivity contribution in [2.75, 3.05) is 19.8 Å². The van der Waals surface area contributed by atoms with Gasteiger partial charge in [0.25, 0.3) is 0 Å². The SMILES string of the molecule is Cc1oc(COCC2CCOCC2)cc1CN. The van der Waals surface area contributed by atoms with Crippen molar-refractivity contribution in [3.8, 4) is 0 Å². The van der Waals surface area contributed by atoms with E-state index in [-0.39, 0.29) is 0 Å². The third-order valence-corrected chi connectivity index (χ3v) is 3.23. The van der Waals surface area contributed by atoms with E-state index in [0.29, 0.717) is 19.1 Å². The van der Waals surface area contributed by atoms with Gasteiger partial charge in [0.15, 0.2) is 0 Å². The van der Waals surface area contributed by atoms with Crippen molar-refractivity contribution in [3.63, 3.8) is 0 Å². The molecule has 96 valence electrons. The molecule has 0 bridgehead atoms. The summed E-state index contributed by atoms with van der Waals surface area (Å²) in [7, 11) is 0. The summed E-state index contributed by atoms with van der Waals surface area (Å²) in [4.78, 5) is 0. The number of furan rings is 1. The second-order valence-corrected chi connectivity index (χ2v) is 4.57. The molecule has 1 aliphatic rings. The number of hydrogen-bond acceptors (Lipinski definition) is 4. The van der Waals surface area contributed by atoms with E-state index in [1.54, 1.807) is 0 Å². The lowest BCUT2D eigenvalue weighted by Crippen LogP contribution is -2.20. The molecular formula is C13H21NO3. The molecule has 2 N–H and O–H groups in total. The molecule has 2 rings (SSSR count). The highest BCUT2D eigenvalue weighted by atomic mass is 16.5. The molecule has 1 fully saturated rings. The van der Waals surface area contributed by atoms with Crippen molar-refractivity contribution in [3.05, 3.63) is 23.2 Å². The molecule has 2 heterocycles. The van der Waals surface area contributed by atoms with Crippen LogP contribution in [0.5, 0.6) is 0 Å². The van der Waals surface area contributed by atoms with Gasteiger partial charge in [0.05, 0.1) is 6.61 Å². The van der Waals surface area contributed by atoms with Gasteiger partial charge in [-0.25, -0.2) is 0 Å². The van der Waals surface area contributed by atoms with Gasteiger partial charge in [-0.15, -0.1) is 0 Å². The Bertz CT molecular complexity index is 342. The Morgan fingerprint density at radius 1 is 1.41 bits per heavy atom. The van der Waals surface area contributed by atoms with Gasteiger partial charge in [0.1, 0.15) is 18.1 Å². The van der Waals surface area contributed by atoms with Crippen molar-refractivity contribution in [1.82, 2.24) is 0 Å². The maximum Gasteiger partial charge on any atom is 0.130 e. The minimum atomic E-state index is 0.523. The first-order valence-corrected chi connectivity index (χ1v) is 6.23. The summed E-state index contributed by atoms with van der Waals surface area (Å²) in [5.41, 5.74) is 6.66. The monoisotopic (exact) mass is 239 g/mol. The van der Waals surface area contributed by atoms with Gasteiger partial charge >= 0.3 is 0 Å². The highest BCUT2D eigenvalue weighted by molar-refractivity contribution is 5.19. The van der Waals surface area contributed by atoms with Gasteiger partial charge in [0, 0.05) is 25.3 Å². The standard InChI is InChI=1S/C13H21NO3/c1-10-12(7-14)6-13(17-10)9-16-8-11-2-4-15-5-3-11/h6,11H,2-5,7-9,14H2,1H3. The zero-order valence-corrected chi connectivity index (χ0v) is 10.4. The first-order chi connectivity index (χ1) is 8.29. The van der Waals surface area contributed by atoms with Crippen molar-refractivity contribution in [2.24, 2.45) is 11.7 Å². The van der Waals surface area contributed by atoms with Crippen LogP contribution in [-0.4, -0.2) is 19.8 Å². The predicted molar refractivity (Wildman–Crippen MR) is 64.5 cm³/mol. The summed E-state index contributed by atoms with van der Waals surface area (Å²) in [5, 5.41) is 0. The zero-order valence-electron chi connectivity index (χ0n) is 10.4. The van der Waals surface area contributed by atoms with Crippen LogP contribution in [0.4, 0.5) is 0 Å². The van der Waals surface area contributed by atoms with Crippen LogP contribution in [-0.2, 0) is 22.6 Å². The normalized spacial score (nSPS) is 17.5. The van der Waals surface area contributed by atoms with Crippen LogP contribution in [0.1, 0.15) is 29.9 Å². The Morgan fingerprint density at radius 3 is 2.82 bits per heavy atom. The highest BCUT2D eigenvalue weighted by Crippen LogP contribution is 2.18. The van der Waals surface area contributed by atoms with Gasteiger partial charge in [-0.2, -0.15) is 0 Å². The predicted octanol–water partition coefficient (Wildman–Crippen LogP) is 1.99. The average molecular weight is 239 g/mol. The minimum absolute atomic E-state index is 0.523. The minimum Gasteiger partial charge on any atom is -0.464 e. The van der Waals surface area contributed by atoms with E-state index in [0.717, 1.165) is 49.7 Å². The zero-order chi connectivity index (χ0) is 12.1. The molecule has 0 aromatic carbocycles. The molecule has 0 radical (unpaired) electrons. The first kappa shape index (κ1) is 12.6. The lowest BCUT2D eigenvalue weighted by molar-refractivity contribution is 0.0118. The van der Waals surface area contributed by atoms with Crippen molar-refractivity contribution in [1.29, 1.82) is 0 Å². The maximum absolute atomic E-state index is 5.68. The summed E-state index contributed by atoms with van der Waals surface area (Å²) in [6.45, 7) is 5.52. The molecule has 17 heavy (non-hydrogen) atoms. The molecule has 0 saturated carbocycles. The molecule has 1 aliphatic heterocycles. The second-order valence-electron chi connectivity index (χ2n) is 4.57. The van der Waals surface area contributed by atoms with Crippen LogP contribution in [0, 0.1) is 12.8 Å². The number of rotatable bonds is 5. The molecule has 1 aromatic heterocycles. The molecule has 0 amide bonds. The van der Waals surface area contributed by atoms with E-state index in [4.69, 9.17) is 19.6 Å². The molecule has 0 spiro atoms. The topological polar surface area (TPSA) is 57.6 Å². The van der Waals surface area contributed by atoms with Gasteiger partial charge < -0.3 is 19.6 Å². The Morgan fingerprint density at radius 2 is 2.18 bits per heavy atom.